The van der Waals surface area contributed by atoms with E-state index in [1.807, 2.05) is 19.1 Å². The molecule has 0 fully saturated rings. The van der Waals surface area contributed by atoms with Crippen molar-refractivity contribution in [1.82, 2.24) is 5.32 Å². The van der Waals surface area contributed by atoms with Gasteiger partial charge in [0.15, 0.2) is 0 Å². The van der Waals surface area contributed by atoms with Gasteiger partial charge in [-0.3, -0.25) is 19.7 Å². The Kier molecular flexibility index (Phi) is 7.94. The number of hydrogen-bond donors (Lipinski definition) is 3. The first kappa shape index (κ1) is 23.6. The van der Waals surface area contributed by atoms with Gasteiger partial charge >= 0.3 is 6.18 Å². The molecular weight excluding hydrogens is 417 g/mol. The third-order valence-corrected chi connectivity index (χ3v) is 4.31. The highest BCUT2D eigenvalue weighted by Gasteiger charge is 2.33. The minimum atomic E-state index is -4.71. The summed E-state index contributed by atoms with van der Waals surface area (Å²) in [6.45, 7) is 1.61. The van der Waals surface area contributed by atoms with E-state index < -0.39 is 34.2 Å². The fourth-order valence-electron chi connectivity index (χ4n) is 2.73. The lowest BCUT2D eigenvalue weighted by molar-refractivity contribution is -0.384. The van der Waals surface area contributed by atoms with Crippen molar-refractivity contribution in [2.75, 3.05) is 23.7 Å². The van der Waals surface area contributed by atoms with Crippen molar-refractivity contribution in [2.24, 2.45) is 0 Å². The fraction of sp³-hybridized carbons (Fsp3) is 0.300. The lowest BCUT2D eigenvalue weighted by atomic mass is 10.1. The number of benzene rings is 2. The summed E-state index contributed by atoms with van der Waals surface area (Å²) in [6.07, 6.45) is -4.12. The van der Waals surface area contributed by atoms with Crippen molar-refractivity contribution in [3.8, 4) is 0 Å². The van der Waals surface area contributed by atoms with Crippen LogP contribution in [0.2, 0.25) is 0 Å². The molecule has 0 aliphatic carbocycles. The summed E-state index contributed by atoms with van der Waals surface area (Å²) in [5.41, 5.74) is -0.424. The van der Waals surface area contributed by atoms with Gasteiger partial charge in [0, 0.05) is 24.7 Å². The van der Waals surface area contributed by atoms with Gasteiger partial charge in [0.05, 0.1) is 17.0 Å². The largest absolute Gasteiger partial charge is 0.416 e. The Morgan fingerprint density at radius 3 is 2.42 bits per heavy atom. The number of rotatable bonds is 9. The maximum Gasteiger partial charge on any atom is 0.416 e. The average molecular weight is 438 g/mol. The fourth-order valence-corrected chi connectivity index (χ4v) is 2.73. The zero-order valence-corrected chi connectivity index (χ0v) is 16.6. The summed E-state index contributed by atoms with van der Waals surface area (Å²) in [4.78, 5) is 34.0. The minimum Gasteiger partial charge on any atom is -0.379 e. The standard InChI is InChI=1S/C20H21F3N4O4/c1-2-13-5-3-4-6-15(13)26-19(29)12-25-18(28)9-10-24-16-8-7-14(20(21,22)23)11-17(16)27(30)31/h3-8,11,24H,2,9-10,12H2,1H3,(H,25,28)(H,26,29). The zero-order valence-electron chi connectivity index (χ0n) is 16.6. The van der Waals surface area contributed by atoms with E-state index in [2.05, 4.69) is 16.0 Å². The molecule has 166 valence electrons. The molecule has 0 aromatic heterocycles. The molecule has 2 aromatic rings. The molecule has 2 aromatic carbocycles. The van der Waals surface area contributed by atoms with E-state index in [4.69, 9.17) is 0 Å². The number of nitro groups is 1. The van der Waals surface area contributed by atoms with E-state index >= 15 is 0 Å². The van der Waals surface area contributed by atoms with Crippen LogP contribution in [-0.2, 0) is 22.2 Å². The molecule has 0 aliphatic rings. The maximum atomic E-state index is 12.7. The summed E-state index contributed by atoms with van der Waals surface area (Å²) in [5.74, 6) is -0.915. The van der Waals surface area contributed by atoms with Crippen molar-refractivity contribution in [2.45, 2.75) is 25.9 Å². The molecule has 0 saturated carbocycles. The second kappa shape index (κ2) is 10.4. The molecule has 0 radical (unpaired) electrons. The topological polar surface area (TPSA) is 113 Å². The molecule has 0 spiro atoms. The highest BCUT2D eigenvalue weighted by Crippen LogP contribution is 2.34. The Morgan fingerprint density at radius 2 is 1.77 bits per heavy atom. The van der Waals surface area contributed by atoms with Crippen molar-refractivity contribution >= 4 is 28.9 Å². The first-order chi connectivity index (χ1) is 14.6. The number of nitrogens with zero attached hydrogens (tertiary/aromatic N) is 1. The monoisotopic (exact) mass is 438 g/mol. The van der Waals surface area contributed by atoms with Gasteiger partial charge in [-0.1, -0.05) is 25.1 Å². The number of aryl methyl sites for hydroxylation is 1. The van der Waals surface area contributed by atoms with E-state index in [9.17, 15) is 32.9 Å². The van der Waals surface area contributed by atoms with Gasteiger partial charge < -0.3 is 16.0 Å². The molecule has 0 saturated heterocycles. The first-order valence-electron chi connectivity index (χ1n) is 9.35. The lowest BCUT2D eigenvalue weighted by Crippen LogP contribution is -2.33. The number of anilines is 2. The second-order valence-corrected chi connectivity index (χ2v) is 6.50. The van der Waals surface area contributed by atoms with Gasteiger partial charge in [0.25, 0.3) is 5.69 Å². The van der Waals surface area contributed by atoms with Crippen LogP contribution < -0.4 is 16.0 Å². The third-order valence-electron chi connectivity index (χ3n) is 4.31. The van der Waals surface area contributed by atoms with Crippen LogP contribution in [0.25, 0.3) is 0 Å². The zero-order chi connectivity index (χ0) is 23.0. The minimum absolute atomic E-state index is 0.0711. The number of halogens is 3. The molecule has 0 aliphatic heterocycles. The predicted molar refractivity (Wildman–Crippen MR) is 109 cm³/mol. The molecule has 8 nitrogen and oxygen atoms in total. The molecule has 0 atom stereocenters. The lowest BCUT2D eigenvalue weighted by Gasteiger charge is -2.11. The van der Waals surface area contributed by atoms with Crippen LogP contribution in [0.3, 0.4) is 0 Å². The number of carbonyl (C=O) groups is 2. The molecule has 31 heavy (non-hydrogen) atoms. The van der Waals surface area contributed by atoms with Crippen molar-refractivity contribution < 1.29 is 27.7 Å². The summed E-state index contributed by atoms with van der Waals surface area (Å²) in [6, 6.07) is 9.34. The second-order valence-electron chi connectivity index (χ2n) is 6.50. The van der Waals surface area contributed by atoms with Crippen molar-refractivity contribution in [3.63, 3.8) is 0 Å². The van der Waals surface area contributed by atoms with E-state index in [-0.39, 0.29) is 25.2 Å². The Bertz CT molecular complexity index is 964. The summed E-state index contributed by atoms with van der Waals surface area (Å²) in [5, 5.41) is 18.7. The van der Waals surface area contributed by atoms with Crippen LogP contribution in [0.5, 0.6) is 0 Å². The Labute approximate surface area is 176 Å². The van der Waals surface area contributed by atoms with Gasteiger partial charge in [-0.15, -0.1) is 0 Å². The highest BCUT2D eigenvalue weighted by molar-refractivity contribution is 5.95. The third kappa shape index (κ3) is 6.98. The van der Waals surface area contributed by atoms with Gasteiger partial charge in [-0.2, -0.15) is 13.2 Å². The Hall–Kier alpha value is -3.63. The predicted octanol–water partition coefficient (Wildman–Crippen LogP) is 3.73. The van der Waals surface area contributed by atoms with Crippen LogP contribution in [0.4, 0.5) is 30.2 Å². The van der Waals surface area contributed by atoms with Crippen LogP contribution in [0, 0.1) is 10.1 Å². The number of para-hydroxylation sites is 1. The van der Waals surface area contributed by atoms with E-state index in [0.29, 0.717) is 17.8 Å². The quantitative estimate of drug-likeness (QED) is 0.408. The van der Waals surface area contributed by atoms with Crippen molar-refractivity contribution in [1.29, 1.82) is 0 Å². The number of nitrogens with one attached hydrogen (secondary N) is 3. The molecule has 0 bridgehead atoms. The molecule has 3 N–H and O–H groups in total. The van der Waals surface area contributed by atoms with E-state index in [1.165, 1.54) is 0 Å². The van der Waals surface area contributed by atoms with Crippen LogP contribution >= 0.6 is 0 Å². The van der Waals surface area contributed by atoms with E-state index in [0.717, 1.165) is 18.1 Å². The number of carbonyl (C=O) groups excluding carboxylic acids is 2. The summed E-state index contributed by atoms with van der Waals surface area (Å²) in [7, 11) is 0. The summed E-state index contributed by atoms with van der Waals surface area (Å²) < 4.78 is 38.2. The van der Waals surface area contributed by atoms with Crippen LogP contribution in [0.15, 0.2) is 42.5 Å². The van der Waals surface area contributed by atoms with Gasteiger partial charge in [0.2, 0.25) is 11.8 Å². The molecule has 2 rings (SSSR count). The molecule has 2 amide bonds. The number of amides is 2. The average Bonchev–Trinajstić information content (AvgIpc) is 2.72. The maximum absolute atomic E-state index is 12.7. The van der Waals surface area contributed by atoms with Gasteiger partial charge in [0.1, 0.15) is 5.69 Å². The molecule has 0 heterocycles. The highest BCUT2D eigenvalue weighted by atomic mass is 19.4. The van der Waals surface area contributed by atoms with Crippen LogP contribution in [0.1, 0.15) is 24.5 Å². The smallest absolute Gasteiger partial charge is 0.379 e. The van der Waals surface area contributed by atoms with Crippen LogP contribution in [-0.4, -0.2) is 29.8 Å². The van der Waals surface area contributed by atoms with E-state index in [1.54, 1.807) is 12.1 Å². The molecular formula is C20H21F3N4O4. The number of alkyl halides is 3. The van der Waals surface area contributed by atoms with Gasteiger partial charge in [-0.25, -0.2) is 0 Å². The number of nitro benzene ring substituents is 1. The molecule has 11 heteroatoms. The van der Waals surface area contributed by atoms with Crippen molar-refractivity contribution in [3.05, 3.63) is 63.7 Å². The Balaban J connectivity index is 1.84. The number of hydrogen-bond acceptors (Lipinski definition) is 5. The first-order valence-corrected chi connectivity index (χ1v) is 9.35. The SMILES string of the molecule is CCc1ccccc1NC(=O)CNC(=O)CCNc1ccc(C(F)(F)F)cc1[N+](=O)[O-]. The normalized spacial score (nSPS) is 11.0. The Morgan fingerprint density at radius 1 is 1.06 bits per heavy atom. The molecule has 0 unspecified atom stereocenters. The summed E-state index contributed by atoms with van der Waals surface area (Å²) >= 11 is 0. The van der Waals surface area contributed by atoms with Gasteiger partial charge in [-0.05, 0) is 30.2 Å².